The minimum absolute atomic E-state index is 0.231. The van der Waals surface area contributed by atoms with Gasteiger partial charge < -0.3 is 15.8 Å². The zero-order valence-corrected chi connectivity index (χ0v) is 20.4. The second-order valence-electron chi connectivity index (χ2n) is 9.15. The molecule has 4 heterocycles. The van der Waals surface area contributed by atoms with Crippen LogP contribution in [0.15, 0.2) is 59.5 Å². The SMILES string of the molecule is Cc1ccc(CNC(=O)c2cc3c(=O)n4ccccc4nc3[n+](CCCN3CCOCC3)c2N)cc1. The number of rotatable bonds is 7. The zero-order chi connectivity index (χ0) is 25.1. The molecule has 4 aromatic rings. The number of nitrogens with one attached hydrogen (secondary N) is 1. The van der Waals surface area contributed by atoms with E-state index in [4.69, 9.17) is 15.5 Å². The van der Waals surface area contributed by atoms with Crippen LogP contribution in [0.25, 0.3) is 16.7 Å². The molecule has 0 aliphatic carbocycles. The summed E-state index contributed by atoms with van der Waals surface area (Å²) >= 11 is 0. The van der Waals surface area contributed by atoms with E-state index < -0.39 is 0 Å². The van der Waals surface area contributed by atoms with Crippen LogP contribution in [0, 0.1) is 6.92 Å². The summed E-state index contributed by atoms with van der Waals surface area (Å²) < 4.78 is 8.74. The number of aromatic nitrogens is 3. The van der Waals surface area contributed by atoms with Gasteiger partial charge in [-0.25, -0.2) is 4.57 Å². The molecule has 0 atom stereocenters. The van der Waals surface area contributed by atoms with Gasteiger partial charge in [-0.1, -0.05) is 40.9 Å². The van der Waals surface area contributed by atoms with Crippen molar-refractivity contribution in [3.05, 3.63) is 81.8 Å². The maximum Gasteiger partial charge on any atom is 0.278 e. The third kappa shape index (κ3) is 4.93. The Morgan fingerprint density at radius 3 is 2.72 bits per heavy atom. The van der Waals surface area contributed by atoms with Gasteiger partial charge in [-0.3, -0.25) is 18.9 Å². The summed E-state index contributed by atoms with van der Waals surface area (Å²) in [5, 5.41) is 3.31. The first-order valence-corrected chi connectivity index (χ1v) is 12.3. The molecule has 1 saturated heterocycles. The molecule has 3 N–H and O–H groups in total. The molecule has 3 aromatic heterocycles. The van der Waals surface area contributed by atoms with E-state index in [1.807, 2.05) is 41.8 Å². The van der Waals surface area contributed by atoms with Crippen LogP contribution in [0.5, 0.6) is 0 Å². The lowest BCUT2D eigenvalue weighted by Crippen LogP contribution is -2.44. The summed E-state index contributed by atoms with van der Waals surface area (Å²) in [5.74, 6) is -0.0208. The number of carbonyl (C=O) groups excluding carboxylic acids is 1. The maximum atomic E-state index is 13.4. The van der Waals surface area contributed by atoms with Crippen LogP contribution in [0.3, 0.4) is 0 Å². The number of anilines is 1. The van der Waals surface area contributed by atoms with Gasteiger partial charge in [0.15, 0.2) is 0 Å². The summed E-state index contributed by atoms with van der Waals surface area (Å²) in [6.45, 7) is 7.05. The number of hydrogen-bond acceptors (Lipinski definition) is 6. The van der Waals surface area contributed by atoms with E-state index in [0.29, 0.717) is 35.6 Å². The van der Waals surface area contributed by atoms with Gasteiger partial charge in [0.25, 0.3) is 17.1 Å². The number of aryl methyl sites for hydroxylation is 2. The van der Waals surface area contributed by atoms with E-state index in [-0.39, 0.29) is 17.0 Å². The van der Waals surface area contributed by atoms with Crippen molar-refractivity contribution in [2.45, 2.75) is 26.4 Å². The molecule has 9 nitrogen and oxygen atoms in total. The topological polar surface area (TPSA) is 106 Å². The Morgan fingerprint density at radius 2 is 1.94 bits per heavy atom. The largest absolute Gasteiger partial charge is 0.379 e. The Balaban J connectivity index is 1.50. The molecule has 5 rings (SSSR count). The van der Waals surface area contributed by atoms with Gasteiger partial charge in [0.2, 0.25) is 11.5 Å². The number of fused-ring (bicyclic) bond motifs is 2. The van der Waals surface area contributed by atoms with E-state index in [1.165, 1.54) is 4.40 Å². The van der Waals surface area contributed by atoms with E-state index in [2.05, 4.69) is 10.2 Å². The molecule has 186 valence electrons. The van der Waals surface area contributed by atoms with Gasteiger partial charge in [-0.05, 0) is 37.1 Å². The van der Waals surface area contributed by atoms with Gasteiger partial charge in [0.1, 0.15) is 10.9 Å². The molecule has 1 aliphatic heterocycles. The Hall–Kier alpha value is -3.82. The fourth-order valence-electron chi connectivity index (χ4n) is 4.57. The van der Waals surface area contributed by atoms with Crippen molar-refractivity contribution in [1.29, 1.82) is 0 Å². The van der Waals surface area contributed by atoms with Crippen molar-refractivity contribution < 1.29 is 14.1 Å². The zero-order valence-electron chi connectivity index (χ0n) is 20.4. The lowest BCUT2D eigenvalue weighted by Gasteiger charge is -2.26. The van der Waals surface area contributed by atoms with Crippen LogP contribution in [-0.4, -0.2) is 53.0 Å². The summed E-state index contributed by atoms with van der Waals surface area (Å²) in [5.41, 5.74) is 9.78. The van der Waals surface area contributed by atoms with Crippen molar-refractivity contribution in [3.63, 3.8) is 0 Å². The third-order valence-electron chi connectivity index (χ3n) is 6.64. The second kappa shape index (κ2) is 10.4. The number of nitrogens with two attached hydrogens (primary N) is 1. The van der Waals surface area contributed by atoms with Gasteiger partial charge >= 0.3 is 0 Å². The highest BCUT2D eigenvalue weighted by atomic mass is 16.5. The molecule has 1 aliphatic rings. The van der Waals surface area contributed by atoms with Crippen molar-refractivity contribution in [2.75, 3.05) is 38.6 Å². The summed E-state index contributed by atoms with van der Waals surface area (Å²) in [6, 6.07) is 15.0. The molecule has 1 aromatic carbocycles. The van der Waals surface area contributed by atoms with Crippen LogP contribution in [0.2, 0.25) is 0 Å². The Bertz CT molecular complexity index is 1460. The molecule has 0 unspecified atom stereocenters. The molecular weight excluding hydrogens is 456 g/mol. The fourth-order valence-corrected chi connectivity index (χ4v) is 4.57. The van der Waals surface area contributed by atoms with Crippen molar-refractivity contribution in [3.8, 4) is 0 Å². The molecular formula is C27H31N6O3+. The first kappa shape index (κ1) is 23.9. The number of morpholine rings is 1. The van der Waals surface area contributed by atoms with Crippen LogP contribution >= 0.6 is 0 Å². The van der Waals surface area contributed by atoms with Gasteiger partial charge in [-0.15, -0.1) is 0 Å². The van der Waals surface area contributed by atoms with Crippen LogP contribution in [-0.2, 0) is 17.8 Å². The molecule has 1 fully saturated rings. The number of hydrogen-bond donors (Lipinski definition) is 2. The number of pyridine rings is 2. The molecule has 0 saturated carbocycles. The molecule has 36 heavy (non-hydrogen) atoms. The standard InChI is InChI=1S/C27H30N6O3/c1-19-6-8-20(9-7-19)18-29-26(34)21-17-22-25(30-23-5-2-3-11-32(23)27(22)35)33(24(21)28)12-4-10-31-13-15-36-16-14-31/h2-3,5-9,11,17,28H,4,10,12-16,18H2,1H3,(H,29,34)/p+1. The third-order valence-corrected chi connectivity index (χ3v) is 6.64. The number of amides is 1. The lowest BCUT2D eigenvalue weighted by atomic mass is 10.1. The van der Waals surface area contributed by atoms with Gasteiger partial charge in [0.05, 0.1) is 19.8 Å². The molecule has 9 heteroatoms. The highest BCUT2D eigenvalue weighted by Gasteiger charge is 2.24. The fraction of sp³-hybridized carbons (Fsp3) is 0.333. The number of ether oxygens (including phenoxy) is 1. The van der Waals surface area contributed by atoms with Gasteiger partial charge in [0, 0.05) is 32.4 Å². The lowest BCUT2D eigenvalue weighted by molar-refractivity contribution is -0.659. The number of carbonyl (C=O) groups is 1. The Kier molecular flexibility index (Phi) is 6.92. The smallest absolute Gasteiger partial charge is 0.278 e. The van der Waals surface area contributed by atoms with Crippen molar-refractivity contribution in [2.24, 2.45) is 0 Å². The summed E-state index contributed by atoms with van der Waals surface area (Å²) in [7, 11) is 0. The Morgan fingerprint density at radius 1 is 1.17 bits per heavy atom. The van der Waals surface area contributed by atoms with Crippen LogP contribution in [0.4, 0.5) is 5.82 Å². The normalized spacial score (nSPS) is 14.4. The van der Waals surface area contributed by atoms with Crippen molar-refractivity contribution >= 4 is 28.4 Å². The molecule has 0 spiro atoms. The minimum Gasteiger partial charge on any atom is -0.379 e. The minimum atomic E-state index is -0.325. The quantitative estimate of drug-likeness (QED) is 0.304. The predicted octanol–water partition coefficient (Wildman–Crippen LogP) is 1.68. The number of benzene rings is 1. The highest BCUT2D eigenvalue weighted by molar-refractivity contribution is 6.00. The molecule has 0 bridgehead atoms. The monoisotopic (exact) mass is 487 g/mol. The number of nitrogens with zero attached hydrogens (tertiary/aromatic N) is 4. The van der Waals surface area contributed by atoms with Crippen molar-refractivity contribution in [1.82, 2.24) is 19.6 Å². The highest BCUT2D eigenvalue weighted by Crippen LogP contribution is 2.15. The molecule has 1 amide bonds. The van der Waals surface area contributed by atoms with E-state index in [9.17, 15) is 9.59 Å². The average molecular weight is 488 g/mol. The van der Waals surface area contributed by atoms with Crippen LogP contribution in [0.1, 0.15) is 27.9 Å². The van der Waals surface area contributed by atoms with Gasteiger partial charge in [-0.2, -0.15) is 0 Å². The first-order chi connectivity index (χ1) is 17.5. The molecule has 0 radical (unpaired) electrons. The average Bonchev–Trinajstić information content (AvgIpc) is 2.90. The van der Waals surface area contributed by atoms with E-state index in [1.54, 1.807) is 24.4 Å². The maximum absolute atomic E-state index is 13.4. The van der Waals surface area contributed by atoms with E-state index >= 15 is 0 Å². The predicted molar refractivity (Wildman–Crippen MR) is 138 cm³/mol. The second-order valence-corrected chi connectivity index (χ2v) is 9.15. The summed E-state index contributed by atoms with van der Waals surface area (Å²) in [6.07, 6.45) is 2.48. The van der Waals surface area contributed by atoms with E-state index in [0.717, 1.165) is 50.4 Å². The van der Waals surface area contributed by atoms with Crippen LogP contribution < -0.4 is 21.2 Å². The summed E-state index contributed by atoms with van der Waals surface area (Å²) in [4.78, 5) is 33.7. The Labute approximate surface area is 209 Å². The number of nitrogen functional groups attached to an aromatic ring is 1. The first-order valence-electron chi connectivity index (χ1n) is 12.3.